The van der Waals surface area contributed by atoms with Gasteiger partial charge in [-0.25, -0.2) is 8.42 Å². The van der Waals surface area contributed by atoms with Crippen LogP contribution < -0.4 is 5.32 Å². The molecule has 1 saturated heterocycles. The second-order valence-electron chi connectivity index (χ2n) is 7.13. The Morgan fingerprint density at radius 1 is 1.14 bits per heavy atom. The summed E-state index contributed by atoms with van der Waals surface area (Å²) in [6.07, 6.45) is 7.85. The maximum Gasteiger partial charge on any atom is 0.243 e. The lowest BCUT2D eigenvalue weighted by Gasteiger charge is -2.19. The number of aromatic nitrogens is 1. The third kappa shape index (κ3) is 5.13. The molecule has 1 aliphatic rings. The Morgan fingerprint density at radius 3 is 2.41 bits per heavy atom. The van der Waals surface area contributed by atoms with Crippen LogP contribution in [0.1, 0.15) is 56.0 Å². The minimum absolute atomic E-state index is 0.117. The third-order valence-electron chi connectivity index (χ3n) is 4.98. The van der Waals surface area contributed by atoms with Gasteiger partial charge in [0.2, 0.25) is 15.9 Å². The molecule has 0 atom stereocenters. The highest BCUT2D eigenvalue weighted by atomic mass is 32.2. The van der Waals surface area contributed by atoms with Gasteiger partial charge < -0.3 is 9.84 Å². The number of aryl methyl sites for hydroxylation is 1. The molecule has 2 aromatic rings. The van der Waals surface area contributed by atoms with Crippen LogP contribution in [0, 0.1) is 6.92 Å². The van der Waals surface area contributed by atoms with Crippen molar-refractivity contribution in [3.05, 3.63) is 41.3 Å². The summed E-state index contributed by atoms with van der Waals surface area (Å²) in [5.74, 6) is 0.333. The van der Waals surface area contributed by atoms with Gasteiger partial charge in [-0.15, -0.1) is 0 Å². The molecule has 1 aliphatic heterocycles. The highest BCUT2D eigenvalue weighted by Crippen LogP contribution is 2.24. The maximum atomic E-state index is 12.9. The normalized spacial score (nSPS) is 16.1. The number of benzene rings is 1. The second-order valence-corrected chi connectivity index (χ2v) is 9.07. The minimum atomic E-state index is -3.46. The molecule has 1 amide bonds. The van der Waals surface area contributed by atoms with Gasteiger partial charge in [-0.2, -0.15) is 4.31 Å². The number of amides is 1. The number of hydrogen-bond acceptors (Lipinski definition) is 5. The lowest BCUT2D eigenvalue weighted by Crippen LogP contribution is -2.31. The van der Waals surface area contributed by atoms with E-state index in [1.165, 1.54) is 0 Å². The van der Waals surface area contributed by atoms with E-state index in [9.17, 15) is 13.2 Å². The van der Waals surface area contributed by atoms with Gasteiger partial charge in [-0.1, -0.05) is 43.1 Å². The van der Waals surface area contributed by atoms with E-state index in [-0.39, 0.29) is 5.91 Å². The zero-order valence-electron chi connectivity index (χ0n) is 16.8. The fourth-order valence-electron chi connectivity index (χ4n) is 3.23. The predicted octanol–water partition coefficient (Wildman–Crippen LogP) is 4.07. The van der Waals surface area contributed by atoms with E-state index in [1.807, 2.05) is 0 Å². The summed E-state index contributed by atoms with van der Waals surface area (Å²) >= 11 is 0. The molecule has 0 saturated carbocycles. The Morgan fingerprint density at radius 2 is 1.79 bits per heavy atom. The number of anilines is 1. The Kier molecular flexibility index (Phi) is 6.87. The summed E-state index contributed by atoms with van der Waals surface area (Å²) < 4.78 is 32.6. The molecule has 0 unspecified atom stereocenters. The first-order chi connectivity index (χ1) is 13.9. The van der Waals surface area contributed by atoms with Gasteiger partial charge in [0, 0.05) is 19.5 Å². The van der Waals surface area contributed by atoms with Crippen LogP contribution in [0.2, 0.25) is 0 Å². The van der Waals surface area contributed by atoms with E-state index in [4.69, 9.17) is 4.52 Å². The lowest BCUT2D eigenvalue weighted by atomic mass is 10.2. The van der Waals surface area contributed by atoms with Crippen LogP contribution in [0.5, 0.6) is 0 Å². The van der Waals surface area contributed by atoms with Gasteiger partial charge in [0.25, 0.3) is 0 Å². The van der Waals surface area contributed by atoms with Gasteiger partial charge >= 0.3 is 0 Å². The summed E-state index contributed by atoms with van der Waals surface area (Å²) in [6.45, 7) is 4.70. The van der Waals surface area contributed by atoms with Crippen LogP contribution in [0.3, 0.4) is 0 Å². The highest BCUT2D eigenvalue weighted by Gasteiger charge is 2.24. The molecule has 0 radical (unpaired) electrons. The predicted molar refractivity (Wildman–Crippen MR) is 113 cm³/mol. The SMILES string of the molecule is CCC(=O)Nc1c(C)noc1C=Cc1ccc(S(=O)(=O)N2CCCCCC2)cc1. The highest BCUT2D eigenvalue weighted by molar-refractivity contribution is 7.89. The first-order valence-corrected chi connectivity index (χ1v) is 11.4. The van der Waals surface area contributed by atoms with Crippen molar-refractivity contribution in [1.82, 2.24) is 9.46 Å². The Bertz CT molecular complexity index is 970. The van der Waals surface area contributed by atoms with E-state index in [0.717, 1.165) is 31.2 Å². The number of nitrogens with one attached hydrogen (secondary N) is 1. The van der Waals surface area contributed by atoms with Crippen molar-refractivity contribution in [1.29, 1.82) is 0 Å². The van der Waals surface area contributed by atoms with Gasteiger partial charge in [-0.05, 0) is 43.5 Å². The van der Waals surface area contributed by atoms with Crippen molar-refractivity contribution >= 4 is 33.8 Å². The molecule has 0 bridgehead atoms. The molecule has 0 spiro atoms. The summed E-state index contributed by atoms with van der Waals surface area (Å²) in [4.78, 5) is 12.0. The Labute approximate surface area is 171 Å². The average Bonchev–Trinajstić information content (AvgIpc) is 2.92. The smallest absolute Gasteiger partial charge is 0.243 e. The van der Waals surface area contributed by atoms with Crippen LogP contribution in [-0.2, 0) is 14.8 Å². The zero-order valence-corrected chi connectivity index (χ0v) is 17.7. The third-order valence-corrected chi connectivity index (χ3v) is 6.90. The van der Waals surface area contributed by atoms with Crippen LogP contribution in [-0.4, -0.2) is 36.9 Å². The topological polar surface area (TPSA) is 92.5 Å². The van der Waals surface area contributed by atoms with E-state index in [2.05, 4.69) is 10.5 Å². The first-order valence-electron chi connectivity index (χ1n) is 9.96. The van der Waals surface area contributed by atoms with Gasteiger partial charge in [-0.3, -0.25) is 4.79 Å². The van der Waals surface area contributed by atoms with Crippen LogP contribution in [0.4, 0.5) is 5.69 Å². The number of sulfonamides is 1. The molecule has 1 N–H and O–H groups in total. The summed E-state index contributed by atoms with van der Waals surface area (Å²) in [7, 11) is -3.46. The fourth-order valence-corrected chi connectivity index (χ4v) is 4.75. The number of carbonyl (C=O) groups excluding carboxylic acids is 1. The van der Waals surface area contributed by atoms with E-state index < -0.39 is 10.0 Å². The summed E-state index contributed by atoms with van der Waals surface area (Å²) in [6, 6.07) is 6.78. The molecule has 0 aliphatic carbocycles. The van der Waals surface area contributed by atoms with Crippen molar-refractivity contribution < 1.29 is 17.7 Å². The zero-order chi connectivity index (χ0) is 20.9. The van der Waals surface area contributed by atoms with Gasteiger partial charge in [0.15, 0.2) is 5.76 Å². The van der Waals surface area contributed by atoms with Gasteiger partial charge in [0.1, 0.15) is 11.4 Å². The standard InChI is InChI=1S/C21H27N3O4S/c1-3-20(25)22-21-16(2)23-28-19(21)13-10-17-8-11-18(12-9-17)29(26,27)24-14-6-4-5-7-15-24/h8-13H,3-7,14-15H2,1-2H3,(H,22,25). The molecule has 8 heteroatoms. The summed E-state index contributed by atoms with van der Waals surface area (Å²) in [5.41, 5.74) is 1.97. The number of hydrogen-bond donors (Lipinski definition) is 1. The first kappa shape index (κ1) is 21.3. The molecule has 1 aromatic heterocycles. The molecule has 3 rings (SSSR count). The Balaban J connectivity index is 1.75. The molecule has 29 heavy (non-hydrogen) atoms. The van der Waals surface area contributed by atoms with E-state index in [1.54, 1.807) is 54.6 Å². The minimum Gasteiger partial charge on any atom is -0.354 e. The molecular formula is C21H27N3O4S. The van der Waals surface area contributed by atoms with Crippen molar-refractivity contribution in [2.45, 2.75) is 50.8 Å². The number of carbonyl (C=O) groups is 1. The monoisotopic (exact) mass is 417 g/mol. The van der Waals surface area contributed by atoms with Crippen molar-refractivity contribution in [3.8, 4) is 0 Å². The molecule has 156 valence electrons. The van der Waals surface area contributed by atoms with Crippen LogP contribution in [0.25, 0.3) is 12.2 Å². The molecular weight excluding hydrogens is 390 g/mol. The van der Waals surface area contributed by atoms with E-state index in [0.29, 0.717) is 41.5 Å². The Hall–Kier alpha value is -2.45. The van der Waals surface area contributed by atoms with Gasteiger partial charge in [0.05, 0.1) is 4.90 Å². The quantitative estimate of drug-likeness (QED) is 0.765. The van der Waals surface area contributed by atoms with E-state index >= 15 is 0 Å². The number of rotatable bonds is 6. The van der Waals surface area contributed by atoms with Crippen LogP contribution >= 0.6 is 0 Å². The molecule has 2 heterocycles. The lowest BCUT2D eigenvalue weighted by molar-refractivity contribution is -0.115. The molecule has 1 aromatic carbocycles. The van der Waals surface area contributed by atoms with Crippen molar-refractivity contribution in [2.24, 2.45) is 0 Å². The second kappa shape index (κ2) is 9.37. The molecule has 1 fully saturated rings. The maximum absolute atomic E-state index is 12.9. The average molecular weight is 418 g/mol. The summed E-state index contributed by atoms with van der Waals surface area (Å²) in [5, 5.41) is 6.68. The number of nitrogens with zero attached hydrogens (tertiary/aromatic N) is 2. The molecule has 7 nitrogen and oxygen atoms in total. The largest absolute Gasteiger partial charge is 0.354 e. The fraction of sp³-hybridized carbons (Fsp3) is 0.429. The van der Waals surface area contributed by atoms with Crippen LogP contribution in [0.15, 0.2) is 33.7 Å². The van der Waals surface area contributed by atoms with Crippen molar-refractivity contribution in [3.63, 3.8) is 0 Å². The van der Waals surface area contributed by atoms with Crippen molar-refractivity contribution in [2.75, 3.05) is 18.4 Å².